The third-order valence-corrected chi connectivity index (χ3v) is 1.12. The summed E-state index contributed by atoms with van der Waals surface area (Å²) in [6.07, 6.45) is 5.97. The Bertz CT molecular complexity index is 135. The maximum Gasteiger partial charge on any atom is 0.127 e. The van der Waals surface area contributed by atoms with Gasteiger partial charge in [-0.25, -0.2) is 0 Å². The smallest absolute Gasteiger partial charge is 0.127 e. The lowest BCUT2D eigenvalue weighted by atomic mass is 10.2. The van der Waals surface area contributed by atoms with Gasteiger partial charge in [0, 0.05) is 18.3 Å². The molecule has 44 valence electrons. The molecule has 0 fully saturated rings. The van der Waals surface area contributed by atoms with Crippen LogP contribution in [0, 0.1) is 0 Å². The van der Waals surface area contributed by atoms with Gasteiger partial charge in [-0.2, -0.15) is 0 Å². The Kier molecular flexibility index (Phi) is 1.35. The van der Waals surface area contributed by atoms with E-state index in [-0.39, 0.29) is 0 Å². The van der Waals surface area contributed by atoms with Crippen molar-refractivity contribution in [1.29, 1.82) is 0 Å². The van der Waals surface area contributed by atoms with Crippen LogP contribution in [0.25, 0.3) is 0 Å². The Morgan fingerprint density at radius 3 is 2.88 bits per heavy atom. The summed E-state index contributed by atoms with van der Waals surface area (Å²) in [4.78, 5) is 0. The topological polar surface area (TPSA) is 39.7 Å². The van der Waals surface area contributed by atoms with Gasteiger partial charge in [0.05, 0.1) is 0 Å². The average molecular weight is 111 g/mol. The molecule has 0 bridgehead atoms. The van der Waals surface area contributed by atoms with E-state index in [1.54, 1.807) is 0 Å². The van der Waals surface area contributed by atoms with Crippen molar-refractivity contribution in [2.75, 3.05) is 0 Å². The van der Waals surface area contributed by atoms with E-state index in [2.05, 4.69) is 24.1 Å². The second kappa shape index (κ2) is 2.01. The van der Waals surface area contributed by atoms with E-state index in [4.69, 9.17) is 0 Å². The molecule has 0 spiro atoms. The van der Waals surface area contributed by atoms with Crippen molar-refractivity contribution in [2.45, 2.75) is 13.0 Å². The number of quaternary nitrogens is 1. The fourth-order valence-electron chi connectivity index (χ4n) is 0.732. The van der Waals surface area contributed by atoms with Gasteiger partial charge in [0.15, 0.2) is 0 Å². The normalized spacial score (nSPS) is 26.8. The number of allylic oxidation sites excluding steroid dienone is 1. The molecule has 0 aliphatic carbocycles. The molecule has 0 amide bonds. The van der Waals surface area contributed by atoms with Crippen molar-refractivity contribution in [3.05, 3.63) is 24.0 Å². The molecular weight excluding hydrogens is 100 g/mol. The molecule has 0 aromatic rings. The summed E-state index contributed by atoms with van der Waals surface area (Å²) < 4.78 is 0. The molecule has 4 N–H and O–H groups in total. The van der Waals surface area contributed by atoms with Crippen LogP contribution in [0.15, 0.2) is 24.0 Å². The lowest BCUT2D eigenvalue weighted by Crippen LogP contribution is -2.48. The third kappa shape index (κ3) is 1.10. The fraction of sp³-hybridized carbons (Fsp3) is 0.333. The third-order valence-electron chi connectivity index (χ3n) is 1.12. The van der Waals surface area contributed by atoms with Gasteiger partial charge in [-0.15, -0.1) is 0 Å². The monoisotopic (exact) mass is 111 g/mol. The maximum absolute atomic E-state index is 3.78. The van der Waals surface area contributed by atoms with Crippen LogP contribution in [-0.4, -0.2) is 6.04 Å². The van der Waals surface area contributed by atoms with Gasteiger partial charge in [-0.1, -0.05) is 0 Å². The molecule has 2 nitrogen and oxygen atoms in total. The summed E-state index contributed by atoms with van der Waals surface area (Å²) in [5.74, 6) is 0. The number of nitrogens with one attached hydrogen (secondary N) is 1. The van der Waals surface area contributed by atoms with Crippen molar-refractivity contribution in [3.63, 3.8) is 0 Å². The molecule has 1 aliphatic heterocycles. The highest BCUT2D eigenvalue weighted by Crippen LogP contribution is 1.94. The molecule has 2 heteroatoms. The van der Waals surface area contributed by atoms with Crippen LogP contribution >= 0.6 is 0 Å². The van der Waals surface area contributed by atoms with E-state index in [1.165, 1.54) is 0 Å². The summed E-state index contributed by atoms with van der Waals surface area (Å²) >= 11 is 0. The first-order chi connectivity index (χ1) is 3.79. The maximum atomic E-state index is 3.78. The van der Waals surface area contributed by atoms with Crippen LogP contribution in [0.2, 0.25) is 0 Å². The summed E-state index contributed by atoms with van der Waals surface area (Å²) in [5, 5.41) is 3.12. The van der Waals surface area contributed by atoms with Crippen molar-refractivity contribution in [3.8, 4) is 0 Å². The minimum absolute atomic E-state index is 0.451. The highest BCUT2D eigenvalue weighted by Gasteiger charge is 1.99. The first-order valence-corrected chi connectivity index (χ1v) is 2.75. The van der Waals surface area contributed by atoms with E-state index >= 15 is 0 Å². The quantitative estimate of drug-likeness (QED) is 0.439. The van der Waals surface area contributed by atoms with E-state index in [0.717, 1.165) is 5.70 Å². The zero-order valence-corrected chi connectivity index (χ0v) is 5.02. The highest BCUT2D eigenvalue weighted by molar-refractivity contribution is 5.15. The van der Waals surface area contributed by atoms with Crippen molar-refractivity contribution < 1.29 is 5.73 Å². The lowest BCUT2D eigenvalue weighted by molar-refractivity contribution is -0.295. The van der Waals surface area contributed by atoms with E-state index in [0.29, 0.717) is 6.04 Å². The van der Waals surface area contributed by atoms with E-state index in [1.807, 2.05) is 12.3 Å². The van der Waals surface area contributed by atoms with Crippen LogP contribution in [0.1, 0.15) is 6.92 Å². The molecule has 0 saturated carbocycles. The van der Waals surface area contributed by atoms with Gasteiger partial charge in [0.25, 0.3) is 0 Å². The average Bonchev–Trinajstić information content (AvgIpc) is 1.64. The highest BCUT2D eigenvalue weighted by atomic mass is 14.9. The SMILES string of the molecule is CC1C=C([NH3+])C=CN1. The Hall–Kier alpha value is -0.760. The lowest BCUT2D eigenvalue weighted by Gasteiger charge is -2.08. The van der Waals surface area contributed by atoms with Gasteiger partial charge in [-0.05, 0) is 13.0 Å². The largest absolute Gasteiger partial charge is 0.385 e. The molecule has 0 aromatic heterocycles. The minimum atomic E-state index is 0.451. The second-order valence-corrected chi connectivity index (χ2v) is 2.03. The number of rotatable bonds is 0. The fourth-order valence-corrected chi connectivity index (χ4v) is 0.732. The van der Waals surface area contributed by atoms with Gasteiger partial charge in [0.2, 0.25) is 0 Å². The second-order valence-electron chi connectivity index (χ2n) is 2.03. The predicted octanol–water partition coefficient (Wildman–Crippen LogP) is -0.382. The van der Waals surface area contributed by atoms with Crippen LogP contribution in [0.3, 0.4) is 0 Å². The predicted molar refractivity (Wildman–Crippen MR) is 32.7 cm³/mol. The Labute approximate surface area is 49.1 Å². The van der Waals surface area contributed by atoms with Gasteiger partial charge in [0.1, 0.15) is 5.70 Å². The molecule has 0 radical (unpaired) electrons. The molecule has 0 aromatic carbocycles. The molecule has 8 heavy (non-hydrogen) atoms. The van der Waals surface area contributed by atoms with Crippen molar-refractivity contribution in [1.82, 2.24) is 5.32 Å². The van der Waals surface area contributed by atoms with Gasteiger partial charge >= 0.3 is 0 Å². The Morgan fingerprint density at radius 1 is 1.75 bits per heavy atom. The molecule has 1 atom stereocenters. The zero-order valence-electron chi connectivity index (χ0n) is 5.02. The van der Waals surface area contributed by atoms with Crippen LogP contribution in [0.5, 0.6) is 0 Å². The summed E-state index contributed by atoms with van der Waals surface area (Å²) in [6.45, 7) is 2.09. The minimum Gasteiger partial charge on any atom is -0.385 e. The summed E-state index contributed by atoms with van der Waals surface area (Å²) in [7, 11) is 0. The first-order valence-electron chi connectivity index (χ1n) is 2.75. The van der Waals surface area contributed by atoms with Gasteiger partial charge < -0.3 is 11.1 Å². The molecule has 1 heterocycles. The zero-order chi connectivity index (χ0) is 5.98. The van der Waals surface area contributed by atoms with Gasteiger partial charge in [-0.3, -0.25) is 0 Å². The molecule has 1 aliphatic rings. The first kappa shape index (κ1) is 5.38. The Morgan fingerprint density at radius 2 is 2.50 bits per heavy atom. The number of hydrogen-bond acceptors (Lipinski definition) is 1. The van der Waals surface area contributed by atoms with Crippen LogP contribution in [-0.2, 0) is 0 Å². The van der Waals surface area contributed by atoms with E-state index in [9.17, 15) is 0 Å². The van der Waals surface area contributed by atoms with Crippen LogP contribution in [0.4, 0.5) is 0 Å². The standard InChI is InChI=1S/C6H10N2/c1-5-4-6(7)2-3-8-5/h2-5,8H,7H2,1H3/p+1. The van der Waals surface area contributed by atoms with Crippen LogP contribution < -0.4 is 11.1 Å². The summed E-state index contributed by atoms with van der Waals surface area (Å²) in [5.41, 5.74) is 4.88. The van der Waals surface area contributed by atoms with Crippen molar-refractivity contribution in [2.24, 2.45) is 0 Å². The summed E-state index contributed by atoms with van der Waals surface area (Å²) in [6, 6.07) is 0.451. The van der Waals surface area contributed by atoms with Crippen molar-refractivity contribution >= 4 is 0 Å². The molecule has 1 unspecified atom stereocenters. The molecule has 1 rings (SSSR count). The van der Waals surface area contributed by atoms with E-state index < -0.39 is 0 Å². The molecular formula is C6H11N2+. The number of hydrogen-bond donors (Lipinski definition) is 2. The number of dihydropyridines is 1. The molecule has 0 saturated heterocycles. The Balaban J connectivity index is 2.63.